The van der Waals surface area contributed by atoms with Crippen LogP contribution in [-0.2, 0) is 30.4 Å². The second-order valence-electron chi connectivity index (χ2n) is 20.0. The zero-order valence-corrected chi connectivity index (χ0v) is 42.4. The molecule has 2 bridgehead atoms. The summed E-state index contributed by atoms with van der Waals surface area (Å²) in [7, 11) is 0. The highest BCUT2D eigenvalue weighted by molar-refractivity contribution is 6.29. The number of benzene rings is 3. The van der Waals surface area contributed by atoms with Crippen LogP contribution in [0.25, 0.3) is 0 Å². The summed E-state index contributed by atoms with van der Waals surface area (Å²) in [5, 5.41) is 88.5. The molecule has 1 amide bonds. The van der Waals surface area contributed by atoms with Crippen LogP contribution in [0.4, 0.5) is 5.69 Å². The van der Waals surface area contributed by atoms with Crippen LogP contribution in [0.3, 0.4) is 0 Å². The van der Waals surface area contributed by atoms with E-state index in [1.165, 1.54) is 24.3 Å². The number of nitrogens with two attached hydrogens (primary N) is 1. The predicted molar refractivity (Wildman–Crippen MR) is 273 cm³/mol. The number of para-hydroxylation sites is 1. The van der Waals surface area contributed by atoms with Crippen molar-refractivity contribution in [3.05, 3.63) is 111 Å². The van der Waals surface area contributed by atoms with Gasteiger partial charge in [0.2, 0.25) is 12.2 Å². The van der Waals surface area contributed by atoms with Gasteiger partial charge in [-0.2, -0.15) is 0 Å². The Labute approximate surface area is 443 Å². The topological polar surface area (TPSA) is 357 Å². The number of allylic oxidation sites excluding steroid dienone is 1. The van der Waals surface area contributed by atoms with Crippen molar-refractivity contribution in [1.82, 2.24) is 32.1 Å². The first kappa shape index (κ1) is 55.8. The second kappa shape index (κ2) is 24.8. The van der Waals surface area contributed by atoms with Crippen molar-refractivity contribution in [1.29, 1.82) is 0 Å². The van der Waals surface area contributed by atoms with E-state index in [-0.39, 0.29) is 104 Å². The van der Waals surface area contributed by atoms with Gasteiger partial charge in [-0.15, -0.1) is 0 Å². The Morgan fingerprint density at radius 2 is 1.79 bits per heavy atom. The molecule has 1 aliphatic carbocycles. The number of carbonyl (C=O) groups excluding carboxylic acids is 4. The third-order valence-corrected chi connectivity index (χ3v) is 14.7. The summed E-state index contributed by atoms with van der Waals surface area (Å²) in [4.78, 5) is 57.2. The molecule has 0 spiro atoms. The third-order valence-electron chi connectivity index (χ3n) is 14.7. The van der Waals surface area contributed by atoms with Gasteiger partial charge in [0.15, 0.2) is 23.1 Å². The Bertz CT molecular complexity index is 2710. The van der Waals surface area contributed by atoms with Crippen molar-refractivity contribution < 1.29 is 78.6 Å². The molecule has 9 rings (SSSR count). The van der Waals surface area contributed by atoms with Crippen LogP contribution in [-0.4, -0.2) is 180 Å². The van der Waals surface area contributed by atoms with Crippen LogP contribution in [0, 0.1) is 11.8 Å². The average molecular weight is 1070 g/mol. The molecule has 0 saturated carbocycles. The van der Waals surface area contributed by atoms with Crippen molar-refractivity contribution in [3.8, 4) is 11.5 Å². The number of anilines is 1. The van der Waals surface area contributed by atoms with Gasteiger partial charge in [0, 0.05) is 65.9 Å². The van der Waals surface area contributed by atoms with Gasteiger partial charge in [-0.3, -0.25) is 30.8 Å². The van der Waals surface area contributed by atoms with Crippen molar-refractivity contribution in [3.63, 3.8) is 0 Å². The Morgan fingerprint density at radius 3 is 2.56 bits per heavy atom. The van der Waals surface area contributed by atoms with Crippen molar-refractivity contribution in [2.75, 3.05) is 64.3 Å². The van der Waals surface area contributed by atoms with E-state index in [4.69, 9.17) is 29.4 Å². The lowest BCUT2D eigenvalue weighted by Gasteiger charge is -2.43. The van der Waals surface area contributed by atoms with E-state index in [1.807, 2.05) is 29.2 Å². The van der Waals surface area contributed by atoms with Crippen LogP contribution in [0.5, 0.6) is 11.5 Å². The van der Waals surface area contributed by atoms with E-state index in [1.54, 1.807) is 19.1 Å². The predicted octanol–water partition coefficient (Wildman–Crippen LogP) is -2.48. The molecule has 3 aromatic carbocycles. The second-order valence-corrected chi connectivity index (χ2v) is 20.0. The van der Waals surface area contributed by atoms with Crippen LogP contribution in [0.2, 0.25) is 0 Å². The van der Waals surface area contributed by atoms with Crippen molar-refractivity contribution in [2.45, 2.75) is 100 Å². The van der Waals surface area contributed by atoms with E-state index in [2.05, 4.69) is 32.1 Å². The lowest BCUT2D eigenvalue weighted by atomic mass is 9.74. The number of ketones is 2. The molecule has 3 aromatic rings. The number of carbonyl (C=O) groups is 4. The zero-order chi connectivity index (χ0) is 54.5. The van der Waals surface area contributed by atoms with Gasteiger partial charge < -0.3 is 85.2 Å². The fourth-order valence-corrected chi connectivity index (χ4v) is 10.8. The maximum Gasteiger partial charge on any atom is 0.242 e. The minimum absolute atomic E-state index is 0.0357. The monoisotopic (exact) mass is 1070 g/mol. The normalized spacial score (nSPS) is 28.1. The minimum Gasteiger partial charge on any atom is -0.486 e. The van der Waals surface area contributed by atoms with E-state index in [0.717, 1.165) is 0 Å². The summed E-state index contributed by atoms with van der Waals surface area (Å²) in [6, 6.07) is 12.5. The summed E-state index contributed by atoms with van der Waals surface area (Å²) in [6.07, 6.45) is -7.25. The molecule has 13 atom stereocenters. The number of hydrogen-bond acceptors (Lipinski definition) is 23. The molecular formula is C53H68N8O16. The zero-order valence-electron chi connectivity index (χ0n) is 42.4. The SMILES string of the molecule is CC(O)CNNC1=CC(C(CO)COC2C3Oc4c(cc5c(c4OCC(O)CC=O)C(=O)c4cc(CO)ccc4C5=O)C(c4ccccc4N4CNC5C(=O)NC(N)NC54)C(CCCO)COCC(O3)C(O)C2O)=CCN1. The molecule has 13 unspecified atom stereocenters. The number of aliphatic hydroxyl groups is 7. The largest absolute Gasteiger partial charge is 0.486 e. The molecule has 24 nitrogen and oxygen atoms in total. The van der Waals surface area contributed by atoms with Crippen LogP contribution >= 0.6 is 0 Å². The summed E-state index contributed by atoms with van der Waals surface area (Å²) in [5.41, 5.74) is 14.2. The Hall–Kier alpha value is -5.94. The van der Waals surface area contributed by atoms with Crippen LogP contribution in [0.15, 0.2) is 72.1 Å². The van der Waals surface area contributed by atoms with Gasteiger partial charge in [0.1, 0.15) is 61.6 Å². The third kappa shape index (κ3) is 11.8. The number of fused-ring (bicyclic) bond motifs is 6. The van der Waals surface area contributed by atoms with E-state index < -0.39 is 111 Å². The number of amides is 1. The van der Waals surface area contributed by atoms with E-state index >= 15 is 9.59 Å². The molecule has 0 radical (unpaired) electrons. The molecule has 5 aliphatic heterocycles. The Balaban J connectivity index is 1.23. The first-order valence-electron chi connectivity index (χ1n) is 25.9. The number of dihydropyridines is 1. The summed E-state index contributed by atoms with van der Waals surface area (Å²) in [5.74, 6) is -3.90. The highest BCUT2D eigenvalue weighted by Gasteiger charge is 2.50. The van der Waals surface area contributed by atoms with Crippen molar-refractivity contribution >= 4 is 29.4 Å². The summed E-state index contributed by atoms with van der Waals surface area (Å²) in [6.45, 7) is 0.0600. The first-order chi connectivity index (χ1) is 37.2. The van der Waals surface area contributed by atoms with Gasteiger partial charge in [0.25, 0.3) is 0 Å². The van der Waals surface area contributed by atoms with Crippen molar-refractivity contribution in [2.24, 2.45) is 17.6 Å². The molecular weight excluding hydrogens is 1000 g/mol. The lowest BCUT2D eigenvalue weighted by Crippen LogP contribution is -2.70. The Kier molecular flexibility index (Phi) is 18.0. The number of rotatable bonds is 20. The number of nitrogens with one attached hydrogen (secondary N) is 6. The quantitative estimate of drug-likeness (QED) is 0.0322. The number of hydrazine groups is 1. The molecule has 77 heavy (non-hydrogen) atoms. The smallest absolute Gasteiger partial charge is 0.242 e. The fraction of sp³-hybridized carbons (Fsp3) is 0.509. The molecule has 24 heteroatoms. The van der Waals surface area contributed by atoms with Crippen LogP contribution < -0.4 is 52.2 Å². The highest BCUT2D eigenvalue weighted by Crippen LogP contribution is 2.52. The molecule has 0 aromatic heterocycles. The molecule has 3 saturated heterocycles. The van der Waals surface area contributed by atoms with Gasteiger partial charge >= 0.3 is 0 Å². The van der Waals surface area contributed by atoms with Gasteiger partial charge in [-0.25, -0.2) is 5.43 Å². The summed E-state index contributed by atoms with van der Waals surface area (Å²) < 4.78 is 33.0. The number of hydrogen-bond donors (Lipinski definition) is 14. The van der Waals surface area contributed by atoms with Gasteiger partial charge in [-0.05, 0) is 72.7 Å². The van der Waals surface area contributed by atoms with Gasteiger partial charge in [-0.1, -0.05) is 30.3 Å². The number of nitrogens with zero attached hydrogens (tertiary/aromatic N) is 1. The molecule has 416 valence electrons. The van der Waals surface area contributed by atoms with Gasteiger partial charge in [0.05, 0.1) is 57.5 Å². The van der Waals surface area contributed by atoms with E-state index in [9.17, 15) is 45.3 Å². The Morgan fingerprint density at radius 1 is 0.974 bits per heavy atom. The number of aldehydes is 1. The number of aliphatic hydroxyl groups excluding tert-OH is 7. The minimum atomic E-state index is -1.74. The number of ether oxygens (including phenoxy) is 5. The molecule has 15 N–H and O–H groups in total. The molecule has 5 heterocycles. The fourth-order valence-electron chi connectivity index (χ4n) is 10.8. The van der Waals surface area contributed by atoms with Crippen LogP contribution in [0.1, 0.15) is 80.6 Å². The molecule has 6 aliphatic rings. The van der Waals surface area contributed by atoms with E-state index in [0.29, 0.717) is 41.0 Å². The average Bonchev–Trinajstić information content (AvgIpc) is 3.94. The lowest BCUT2D eigenvalue weighted by molar-refractivity contribution is -0.291. The standard InChI is InChI=1S/C53H68N8O16/c1-26(66)18-57-60-39-16-28(10-12-55-39)30(20-65)22-74-49-46(71)45(70)38-24-73-21-29(5-4-13-62)40(33-6-2-3-7-37(33)61-25-56-42-50(61)58-53(54)59-51(42)72)36-17-35-41(44(69)34-15-27(19-64)8-9-32(34)43(35)68)48(47(36)77-52(49)76-38)75-23-31(67)11-14-63/h2-3,6-10,14-17,26,29-31,38,40,42,45-46,49-50,52-53,55-58,60,62,64-67,70-71H,4-5,11-13,18-25,54H2,1H3,(H,59,72). The maximum atomic E-state index is 15.2. The maximum absolute atomic E-state index is 15.2. The molecule has 3 fully saturated rings. The first-order valence-corrected chi connectivity index (χ1v) is 25.9. The summed E-state index contributed by atoms with van der Waals surface area (Å²) >= 11 is 0. The highest BCUT2D eigenvalue weighted by atomic mass is 16.7.